The third-order valence-corrected chi connectivity index (χ3v) is 4.45. The maximum atomic E-state index is 5.91. The summed E-state index contributed by atoms with van der Waals surface area (Å²) in [4.78, 5) is 6.88. The van der Waals surface area contributed by atoms with E-state index in [4.69, 9.17) is 19.2 Å². The Hall–Kier alpha value is -2.41. The van der Waals surface area contributed by atoms with E-state index in [9.17, 15) is 0 Å². The van der Waals surface area contributed by atoms with E-state index in [0.29, 0.717) is 23.1 Å². The summed E-state index contributed by atoms with van der Waals surface area (Å²) < 4.78 is 16.9. The Morgan fingerprint density at radius 3 is 2.65 bits per heavy atom. The van der Waals surface area contributed by atoms with Crippen molar-refractivity contribution in [3.05, 3.63) is 24.4 Å². The molecule has 0 radical (unpaired) electrons. The summed E-state index contributed by atoms with van der Waals surface area (Å²) in [6.07, 6.45) is 5.01. The van der Waals surface area contributed by atoms with Crippen LogP contribution in [0.4, 0.5) is 5.95 Å². The molecule has 0 saturated carbocycles. The first-order chi connectivity index (χ1) is 12.8. The molecule has 7 nitrogen and oxygen atoms in total. The van der Waals surface area contributed by atoms with Crippen LogP contribution in [0.15, 0.2) is 24.4 Å². The molecule has 26 heavy (non-hydrogen) atoms. The monoisotopic (exact) mass is 358 g/mol. The van der Waals surface area contributed by atoms with Gasteiger partial charge in [-0.1, -0.05) is 13.0 Å². The number of piperidine rings is 1. The molecule has 0 spiro atoms. The quantitative estimate of drug-likeness (QED) is 0.753. The Bertz CT molecular complexity index is 703. The Kier molecular flexibility index (Phi) is 6.22. The zero-order valence-electron chi connectivity index (χ0n) is 15.6. The molecular weight excluding hydrogens is 332 g/mol. The topological polar surface area (TPSA) is 69.6 Å². The third-order valence-electron chi connectivity index (χ3n) is 4.45. The molecule has 1 aliphatic heterocycles. The number of hydrogen-bond donors (Lipinski definition) is 0. The van der Waals surface area contributed by atoms with Crippen molar-refractivity contribution in [1.29, 1.82) is 0 Å². The van der Waals surface area contributed by atoms with E-state index in [1.54, 1.807) is 20.4 Å². The molecule has 0 aliphatic carbocycles. The lowest BCUT2D eigenvalue weighted by molar-refractivity contribution is 0.0437. The van der Waals surface area contributed by atoms with Gasteiger partial charge in [0.1, 0.15) is 17.2 Å². The van der Waals surface area contributed by atoms with Crippen molar-refractivity contribution >= 4 is 5.95 Å². The third kappa shape index (κ3) is 4.04. The van der Waals surface area contributed by atoms with Gasteiger partial charge in [-0.25, -0.2) is 4.98 Å². The highest BCUT2D eigenvalue weighted by Crippen LogP contribution is 2.37. The minimum atomic E-state index is 0.219. The van der Waals surface area contributed by atoms with Gasteiger partial charge >= 0.3 is 0 Å². The molecule has 0 unspecified atom stereocenters. The predicted octanol–water partition coefficient (Wildman–Crippen LogP) is 2.95. The normalized spacial score (nSPS) is 17.2. The fourth-order valence-electron chi connectivity index (χ4n) is 3.19. The van der Waals surface area contributed by atoms with Crippen molar-refractivity contribution < 1.29 is 14.2 Å². The summed E-state index contributed by atoms with van der Waals surface area (Å²) in [7, 11) is 3.27. The minimum absolute atomic E-state index is 0.219. The van der Waals surface area contributed by atoms with E-state index in [2.05, 4.69) is 22.0 Å². The maximum absolute atomic E-state index is 5.91. The van der Waals surface area contributed by atoms with Gasteiger partial charge in [0, 0.05) is 19.7 Å². The molecule has 2 aromatic rings. The second-order valence-corrected chi connectivity index (χ2v) is 6.26. The molecule has 1 atom stereocenters. The van der Waals surface area contributed by atoms with Crippen molar-refractivity contribution in [2.75, 3.05) is 38.8 Å². The number of methoxy groups -OCH3 is 2. The van der Waals surface area contributed by atoms with Crippen LogP contribution < -0.4 is 14.4 Å². The summed E-state index contributed by atoms with van der Waals surface area (Å²) in [6, 6.07) is 5.65. The molecular formula is C19H26N4O3. The highest BCUT2D eigenvalue weighted by Gasteiger charge is 2.23. The predicted molar refractivity (Wildman–Crippen MR) is 99.8 cm³/mol. The van der Waals surface area contributed by atoms with Crippen LogP contribution in [0.5, 0.6) is 11.5 Å². The summed E-state index contributed by atoms with van der Waals surface area (Å²) in [5.74, 6) is 2.00. The summed E-state index contributed by atoms with van der Waals surface area (Å²) >= 11 is 0. The van der Waals surface area contributed by atoms with Crippen LogP contribution in [-0.2, 0) is 4.74 Å². The maximum Gasteiger partial charge on any atom is 0.246 e. The van der Waals surface area contributed by atoms with Crippen molar-refractivity contribution in [3.63, 3.8) is 0 Å². The zero-order valence-corrected chi connectivity index (χ0v) is 15.6. The molecule has 1 aliphatic rings. The Labute approximate surface area is 154 Å². The lowest BCUT2D eigenvalue weighted by atomic mass is 10.1. The van der Waals surface area contributed by atoms with E-state index in [-0.39, 0.29) is 6.10 Å². The van der Waals surface area contributed by atoms with Crippen LogP contribution >= 0.6 is 0 Å². The van der Waals surface area contributed by atoms with Crippen molar-refractivity contribution in [2.45, 2.75) is 32.3 Å². The minimum Gasteiger partial charge on any atom is -0.496 e. The Morgan fingerprint density at radius 2 is 1.96 bits per heavy atom. The first-order valence-electron chi connectivity index (χ1n) is 9.04. The average Bonchev–Trinajstić information content (AvgIpc) is 2.71. The molecule has 3 rings (SSSR count). The van der Waals surface area contributed by atoms with Crippen LogP contribution in [0.3, 0.4) is 0 Å². The van der Waals surface area contributed by atoms with Crippen LogP contribution in [0.2, 0.25) is 0 Å². The fraction of sp³-hybridized carbons (Fsp3) is 0.526. The van der Waals surface area contributed by atoms with Gasteiger partial charge in [-0.2, -0.15) is 5.10 Å². The number of hydrogen-bond acceptors (Lipinski definition) is 7. The lowest BCUT2D eigenvalue weighted by Crippen LogP contribution is -2.40. The molecule has 0 N–H and O–H groups in total. The molecule has 0 bridgehead atoms. The van der Waals surface area contributed by atoms with Gasteiger partial charge in [0.2, 0.25) is 5.95 Å². The van der Waals surface area contributed by atoms with Gasteiger partial charge in [-0.15, -0.1) is 5.10 Å². The molecule has 1 saturated heterocycles. The molecule has 1 aromatic heterocycles. The van der Waals surface area contributed by atoms with Crippen LogP contribution in [-0.4, -0.2) is 55.2 Å². The van der Waals surface area contributed by atoms with E-state index in [0.717, 1.165) is 44.5 Å². The van der Waals surface area contributed by atoms with Gasteiger partial charge in [0.05, 0.1) is 32.1 Å². The van der Waals surface area contributed by atoms with E-state index in [1.807, 2.05) is 18.2 Å². The number of aromatic nitrogens is 3. The van der Waals surface area contributed by atoms with Gasteiger partial charge < -0.3 is 19.1 Å². The first kappa shape index (κ1) is 18.4. The smallest absolute Gasteiger partial charge is 0.246 e. The number of rotatable bonds is 7. The highest BCUT2D eigenvalue weighted by atomic mass is 16.5. The second-order valence-electron chi connectivity index (χ2n) is 6.26. The van der Waals surface area contributed by atoms with Gasteiger partial charge in [-0.3, -0.25) is 0 Å². The fourth-order valence-corrected chi connectivity index (χ4v) is 3.19. The number of anilines is 1. The van der Waals surface area contributed by atoms with Gasteiger partial charge in [-0.05, 0) is 31.4 Å². The molecule has 2 heterocycles. The zero-order chi connectivity index (χ0) is 18.4. The van der Waals surface area contributed by atoms with E-state index >= 15 is 0 Å². The van der Waals surface area contributed by atoms with Crippen molar-refractivity contribution in [3.8, 4) is 22.8 Å². The number of nitrogens with zero attached hydrogens (tertiary/aromatic N) is 4. The summed E-state index contributed by atoms with van der Waals surface area (Å²) in [5, 5.41) is 8.41. The first-order valence-corrected chi connectivity index (χ1v) is 9.04. The molecule has 7 heteroatoms. The summed E-state index contributed by atoms with van der Waals surface area (Å²) in [5.41, 5.74) is 1.46. The molecule has 1 aromatic carbocycles. The standard InChI is InChI=1S/C19H26N4O3/c1-4-11-26-14-7-6-10-23(13-14)19-21-15(12-20-22-19)18-16(24-2)8-5-9-17(18)25-3/h5,8-9,12,14H,4,6-7,10-11,13H2,1-3H3/t14-/m1/s1. The van der Waals surface area contributed by atoms with Crippen LogP contribution in [0, 0.1) is 0 Å². The second kappa shape index (κ2) is 8.80. The van der Waals surface area contributed by atoms with E-state index < -0.39 is 0 Å². The van der Waals surface area contributed by atoms with Gasteiger partial charge in [0.15, 0.2) is 0 Å². The molecule has 0 amide bonds. The molecule has 140 valence electrons. The van der Waals surface area contributed by atoms with Gasteiger partial charge in [0.25, 0.3) is 0 Å². The molecule has 1 fully saturated rings. The van der Waals surface area contributed by atoms with Crippen molar-refractivity contribution in [1.82, 2.24) is 15.2 Å². The Morgan fingerprint density at radius 1 is 1.19 bits per heavy atom. The largest absolute Gasteiger partial charge is 0.496 e. The number of ether oxygens (including phenoxy) is 3. The van der Waals surface area contributed by atoms with Crippen molar-refractivity contribution in [2.24, 2.45) is 0 Å². The van der Waals surface area contributed by atoms with Crippen LogP contribution in [0.1, 0.15) is 26.2 Å². The highest BCUT2D eigenvalue weighted by molar-refractivity contribution is 5.74. The van der Waals surface area contributed by atoms with Crippen LogP contribution in [0.25, 0.3) is 11.3 Å². The average molecular weight is 358 g/mol. The summed E-state index contributed by atoms with van der Waals surface area (Å²) in [6.45, 7) is 4.60. The Balaban J connectivity index is 1.87. The number of benzene rings is 1. The van der Waals surface area contributed by atoms with E-state index in [1.165, 1.54) is 0 Å². The lowest BCUT2D eigenvalue weighted by Gasteiger charge is -2.32. The SMILES string of the molecule is CCCO[C@@H]1CCCN(c2nncc(-c3c(OC)cccc3OC)n2)C1.